The Kier molecular flexibility index (Phi) is 6.64. The first-order chi connectivity index (χ1) is 17.2. The molecule has 0 radical (unpaired) electrons. The standard InChI is InChI=1S/C24H22FN7O4/c1-4-32-11-15(9-27-32)19(18-6-5-16(25)7-14(18)8-26)13(2)22-30-20(21(33)24(35)31(22)3)23(34)29-17-10-28-36-12-17/h5-7,9-13,19,33H,4H2,1-3H3,(H,29,34)/t13-,19-/m0/s1. The van der Waals surface area contributed by atoms with Crippen molar-refractivity contribution >= 4 is 11.6 Å². The molecule has 2 N–H and O–H groups in total. The average Bonchev–Trinajstić information content (AvgIpc) is 3.56. The summed E-state index contributed by atoms with van der Waals surface area (Å²) in [5.41, 5.74) is 0.218. The van der Waals surface area contributed by atoms with Gasteiger partial charge in [-0.05, 0) is 30.2 Å². The molecule has 0 aliphatic heterocycles. The van der Waals surface area contributed by atoms with Crippen LogP contribution in [0.1, 0.15) is 58.7 Å². The fourth-order valence-corrected chi connectivity index (χ4v) is 4.13. The number of amides is 1. The van der Waals surface area contributed by atoms with Gasteiger partial charge in [-0.25, -0.2) is 9.37 Å². The van der Waals surface area contributed by atoms with Gasteiger partial charge in [0, 0.05) is 31.6 Å². The number of rotatable bonds is 7. The molecule has 1 aromatic carbocycles. The van der Waals surface area contributed by atoms with Crippen LogP contribution in [0.25, 0.3) is 0 Å². The predicted octanol–water partition coefficient (Wildman–Crippen LogP) is 2.89. The molecule has 11 nitrogen and oxygen atoms in total. The van der Waals surface area contributed by atoms with Gasteiger partial charge in [0.25, 0.3) is 11.5 Å². The number of nitrogens with zero attached hydrogens (tertiary/aromatic N) is 6. The van der Waals surface area contributed by atoms with Gasteiger partial charge in [0.05, 0.1) is 24.0 Å². The van der Waals surface area contributed by atoms with Gasteiger partial charge in [-0.15, -0.1) is 0 Å². The number of benzene rings is 1. The minimum atomic E-state index is -0.836. The van der Waals surface area contributed by atoms with Crippen molar-refractivity contribution in [1.29, 1.82) is 5.26 Å². The molecule has 0 aliphatic carbocycles. The molecule has 0 unspecified atom stereocenters. The highest BCUT2D eigenvalue weighted by Gasteiger charge is 2.31. The van der Waals surface area contributed by atoms with E-state index in [1.54, 1.807) is 24.0 Å². The summed E-state index contributed by atoms with van der Waals surface area (Å²) in [5, 5.41) is 30.4. The number of carbonyl (C=O) groups is 1. The Morgan fingerprint density at radius 3 is 2.78 bits per heavy atom. The van der Waals surface area contributed by atoms with Crippen LogP contribution in [0.15, 0.2) is 52.4 Å². The van der Waals surface area contributed by atoms with E-state index >= 15 is 0 Å². The maximum atomic E-state index is 13.9. The van der Waals surface area contributed by atoms with Crippen LogP contribution in [0, 0.1) is 17.1 Å². The zero-order valence-corrected chi connectivity index (χ0v) is 19.6. The van der Waals surface area contributed by atoms with Crippen molar-refractivity contribution in [2.45, 2.75) is 32.2 Å². The molecule has 36 heavy (non-hydrogen) atoms. The van der Waals surface area contributed by atoms with Crippen LogP contribution in [0.2, 0.25) is 0 Å². The van der Waals surface area contributed by atoms with Crippen LogP contribution < -0.4 is 10.9 Å². The van der Waals surface area contributed by atoms with E-state index in [0.29, 0.717) is 17.7 Å². The van der Waals surface area contributed by atoms with Gasteiger partial charge < -0.3 is 14.9 Å². The Labute approximate surface area is 204 Å². The van der Waals surface area contributed by atoms with Gasteiger partial charge >= 0.3 is 0 Å². The highest BCUT2D eigenvalue weighted by atomic mass is 19.1. The third-order valence-corrected chi connectivity index (χ3v) is 5.92. The lowest BCUT2D eigenvalue weighted by Crippen LogP contribution is -2.29. The van der Waals surface area contributed by atoms with Crippen molar-refractivity contribution in [3.63, 3.8) is 0 Å². The summed E-state index contributed by atoms with van der Waals surface area (Å²) in [6.45, 7) is 4.28. The molecule has 0 bridgehead atoms. The summed E-state index contributed by atoms with van der Waals surface area (Å²) in [6, 6.07) is 5.93. The van der Waals surface area contributed by atoms with E-state index in [1.165, 1.54) is 31.6 Å². The van der Waals surface area contributed by atoms with Gasteiger partial charge in [0.2, 0.25) is 5.75 Å². The second-order valence-electron chi connectivity index (χ2n) is 8.14. The number of anilines is 1. The van der Waals surface area contributed by atoms with Crippen molar-refractivity contribution < 1.29 is 18.8 Å². The summed E-state index contributed by atoms with van der Waals surface area (Å²) >= 11 is 0. The van der Waals surface area contributed by atoms with Crippen LogP contribution in [0.4, 0.5) is 10.1 Å². The molecule has 0 spiro atoms. The molecule has 184 valence electrons. The Balaban J connectivity index is 1.87. The monoisotopic (exact) mass is 491 g/mol. The number of nitriles is 1. The molecule has 0 fully saturated rings. The lowest BCUT2D eigenvalue weighted by molar-refractivity contribution is 0.101. The quantitative estimate of drug-likeness (QED) is 0.400. The van der Waals surface area contributed by atoms with Gasteiger partial charge in [-0.2, -0.15) is 10.4 Å². The lowest BCUT2D eigenvalue weighted by atomic mass is 9.80. The Hall–Kier alpha value is -4.79. The molecule has 2 atom stereocenters. The Bertz CT molecular complexity index is 1520. The largest absolute Gasteiger partial charge is 0.501 e. The first-order valence-corrected chi connectivity index (χ1v) is 11.0. The van der Waals surface area contributed by atoms with E-state index in [2.05, 4.69) is 25.1 Å². The lowest BCUT2D eigenvalue weighted by Gasteiger charge is -2.26. The molecule has 0 saturated heterocycles. The molecular formula is C24H22FN7O4. The van der Waals surface area contributed by atoms with E-state index in [9.17, 15) is 24.3 Å². The zero-order valence-electron chi connectivity index (χ0n) is 19.6. The molecule has 12 heteroatoms. The van der Waals surface area contributed by atoms with Crippen molar-refractivity contribution in [3.8, 4) is 11.8 Å². The maximum Gasteiger partial charge on any atom is 0.296 e. The highest BCUT2D eigenvalue weighted by molar-refractivity contribution is 6.04. The molecular weight excluding hydrogens is 469 g/mol. The van der Waals surface area contributed by atoms with Crippen LogP contribution in [0.3, 0.4) is 0 Å². The molecule has 1 amide bonds. The molecule has 0 aliphatic rings. The highest BCUT2D eigenvalue weighted by Crippen LogP contribution is 2.39. The first-order valence-electron chi connectivity index (χ1n) is 11.0. The van der Waals surface area contributed by atoms with E-state index in [1.807, 2.05) is 13.0 Å². The summed E-state index contributed by atoms with van der Waals surface area (Å²) in [4.78, 5) is 30.0. The SMILES string of the molecule is CCn1cc([C@@H](c2ccc(F)cc2C#N)[C@H](C)c2nc(C(=O)Nc3cnoc3)c(O)c(=O)n2C)cn1. The molecule has 3 aromatic heterocycles. The second-order valence-corrected chi connectivity index (χ2v) is 8.14. The summed E-state index contributed by atoms with van der Waals surface area (Å²) in [5.74, 6) is -3.26. The van der Waals surface area contributed by atoms with E-state index < -0.39 is 40.6 Å². The van der Waals surface area contributed by atoms with Crippen LogP contribution in [-0.2, 0) is 13.6 Å². The Morgan fingerprint density at radius 1 is 1.36 bits per heavy atom. The summed E-state index contributed by atoms with van der Waals surface area (Å²) in [7, 11) is 1.42. The number of aromatic hydroxyl groups is 1. The number of aryl methyl sites for hydroxylation is 1. The maximum absolute atomic E-state index is 13.9. The molecule has 3 heterocycles. The van der Waals surface area contributed by atoms with Crippen molar-refractivity contribution in [3.05, 3.63) is 87.4 Å². The predicted molar refractivity (Wildman–Crippen MR) is 125 cm³/mol. The minimum absolute atomic E-state index is 0.116. The summed E-state index contributed by atoms with van der Waals surface area (Å²) < 4.78 is 21.5. The average molecular weight is 491 g/mol. The van der Waals surface area contributed by atoms with Gasteiger partial charge in [-0.3, -0.25) is 18.8 Å². The van der Waals surface area contributed by atoms with Crippen molar-refractivity contribution in [1.82, 2.24) is 24.5 Å². The third kappa shape index (κ3) is 4.46. The first kappa shape index (κ1) is 24.3. The third-order valence-electron chi connectivity index (χ3n) is 5.92. The molecule has 0 saturated carbocycles. The van der Waals surface area contributed by atoms with Crippen LogP contribution in [0.5, 0.6) is 5.75 Å². The number of halogens is 1. The Morgan fingerprint density at radius 2 is 2.14 bits per heavy atom. The van der Waals surface area contributed by atoms with Crippen LogP contribution >= 0.6 is 0 Å². The van der Waals surface area contributed by atoms with Gasteiger partial charge in [-0.1, -0.05) is 18.1 Å². The topological polar surface area (TPSA) is 152 Å². The normalized spacial score (nSPS) is 12.6. The molecule has 4 aromatic rings. The number of hydrogen-bond donors (Lipinski definition) is 2. The number of aromatic nitrogens is 5. The number of hydrogen-bond acceptors (Lipinski definition) is 8. The van der Waals surface area contributed by atoms with E-state index in [0.717, 1.165) is 10.6 Å². The zero-order chi connectivity index (χ0) is 26.0. The van der Waals surface area contributed by atoms with Gasteiger partial charge in [0.15, 0.2) is 5.69 Å². The second kappa shape index (κ2) is 9.83. The fourth-order valence-electron chi connectivity index (χ4n) is 4.13. The van der Waals surface area contributed by atoms with Gasteiger partial charge in [0.1, 0.15) is 23.6 Å². The smallest absolute Gasteiger partial charge is 0.296 e. The molecule has 4 rings (SSSR count). The number of nitrogens with one attached hydrogen (secondary N) is 1. The van der Waals surface area contributed by atoms with Crippen molar-refractivity contribution in [2.75, 3.05) is 5.32 Å². The number of carbonyl (C=O) groups excluding carboxylic acids is 1. The van der Waals surface area contributed by atoms with E-state index in [-0.39, 0.29) is 17.1 Å². The summed E-state index contributed by atoms with van der Waals surface area (Å²) in [6.07, 6.45) is 5.86. The minimum Gasteiger partial charge on any atom is -0.501 e. The van der Waals surface area contributed by atoms with E-state index in [4.69, 9.17) is 0 Å². The fraction of sp³-hybridized carbons (Fsp3) is 0.250. The van der Waals surface area contributed by atoms with Crippen LogP contribution in [-0.4, -0.2) is 35.5 Å². The van der Waals surface area contributed by atoms with Crippen molar-refractivity contribution in [2.24, 2.45) is 7.05 Å².